The fourth-order valence-corrected chi connectivity index (χ4v) is 3.86. The van der Waals surface area contributed by atoms with E-state index in [1.165, 1.54) is 23.9 Å². The molecule has 25 heavy (non-hydrogen) atoms. The van der Waals surface area contributed by atoms with Crippen LogP contribution in [-0.2, 0) is 14.8 Å². The molecule has 0 unspecified atom stereocenters. The van der Waals surface area contributed by atoms with Gasteiger partial charge in [-0.3, -0.25) is 4.79 Å². The van der Waals surface area contributed by atoms with Gasteiger partial charge >= 0.3 is 0 Å². The molecule has 0 aliphatic carbocycles. The molecular weight excluding hydrogens is 403 g/mol. The molecule has 1 amide bonds. The molecule has 2 rings (SSSR count). The van der Waals surface area contributed by atoms with Crippen molar-refractivity contribution in [1.82, 2.24) is 5.32 Å². The van der Waals surface area contributed by atoms with E-state index in [2.05, 4.69) is 5.32 Å². The van der Waals surface area contributed by atoms with Gasteiger partial charge in [-0.2, -0.15) is 0 Å². The van der Waals surface area contributed by atoms with Gasteiger partial charge in [0.25, 0.3) is 0 Å². The van der Waals surface area contributed by atoms with Crippen molar-refractivity contribution < 1.29 is 13.2 Å². The average molecular weight is 419 g/mol. The van der Waals surface area contributed by atoms with E-state index in [0.717, 1.165) is 10.5 Å². The summed E-state index contributed by atoms with van der Waals surface area (Å²) in [4.78, 5) is 12.9. The third-order valence-electron chi connectivity index (χ3n) is 3.34. The standard InChI is InChI=1S/C16H16Cl2N2O3S2/c1-10(11-2-5-13(6-3-11)25(19,22)23)20-16(21)9-24-15-8-12(17)4-7-14(15)18/h2-8,10H,9H2,1H3,(H,20,21)(H2,19,22,23)/t10-/m0/s1. The summed E-state index contributed by atoms with van der Waals surface area (Å²) in [6.45, 7) is 1.81. The Hall–Kier alpha value is -1.25. The van der Waals surface area contributed by atoms with Crippen LogP contribution >= 0.6 is 35.0 Å². The number of sulfonamides is 1. The van der Waals surface area contributed by atoms with Crippen molar-refractivity contribution in [3.63, 3.8) is 0 Å². The molecular formula is C16H16Cl2N2O3S2. The number of benzene rings is 2. The van der Waals surface area contributed by atoms with Crippen LogP contribution in [-0.4, -0.2) is 20.1 Å². The fourth-order valence-electron chi connectivity index (χ4n) is 2.04. The molecule has 0 heterocycles. The second kappa shape index (κ2) is 8.42. The SMILES string of the molecule is C[C@H](NC(=O)CSc1cc(Cl)ccc1Cl)c1ccc(S(N)(=O)=O)cc1. The summed E-state index contributed by atoms with van der Waals surface area (Å²) in [7, 11) is -3.73. The Morgan fingerprint density at radius 2 is 1.84 bits per heavy atom. The van der Waals surface area contributed by atoms with Crippen LogP contribution in [0.2, 0.25) is 10.0 Å². The van der Waals surface area contributed by atoms with Crippen LogP contribution < -0.4 is 10.5 Å². The zero-order valence-electron chi connectivity index (χ0n) is 13.2. The van der Waals surface area contributed by atoms with Crippen LogP contribution in [0.4, 0.5) is 0 Å². The van der Waals surface area contributed by atoms with Gasteiger partial charge in [-0.15, -0.1) is 11.8 Å². The number of thioether (sulfide) groups is 1. The number of carbonyl (C=O) groups excluding carboxylic acids is 1. The molecule has 134 valence electrons. The molecule has 0 aliphatic rings. The Bertz CT molecular complexity index is 871. The summed E-state index contributed by atoms with van der Waals surface area (Å²) in [5, 5.41) is 8.99. The molecule has 0 radical (unpaired) electrons. The quantitative estimate of drug-likeness (QED) is 0.700. The lowest BCUT2D eigenvalue weighted by Crippen LogP contribution is -2.28. The van der Waals surface area contributed by atoms with E-state index >= 15 is 0 Å². The topological polar surface area (TPSA) is 89.3 Å². The Morgan fingerprint density at radius 1 is 1.20 bits per heavy atom. The lowest BCUT2D eigenvalue weighted by Gasteiger charge is -2.15. The second-order valence-electron chi connectivity index (χ2n) is 5.27. The van der Waals surface area contributed by atoms with Gasteiger partial charge in [-0.1, -0.05) is 35.3 Å². The van der Waals surface area contributed by atoms with Gasteiger partial charge in [-0.05, 0) is 42.8 Å². The average Bonchev–Trinajstić information content (AvgIpc) is 2.55. The third-order valence-corrected chi connectivity index (χ3v) is 6.00. The molecule has 0 spiro atoms. The highest BCUT2D eigenvalue weighted by molar-refractivity contribution is 8.00. The highest BCUT2D eigenvalue weighted by Crippen LogP contribution is 2.29. The zero-order valence-corrected chi connectivity index (χ0v) is 16.3. The number of rotatable bonds is 6. The molecule has 0 bridgehead atoms. The van der Waals surface area contributed by atoms with Crippen molar-refractivity contribution in [1.29, 1.82) is 0 Å². The number of nitrogens with two attached hydrogens (primary N) is 1. The number of nitrogens with one attached hydrogen (secondary N) is 1. The van der Waals surface area contributed by atoms with Crippen molar-refractivity contribution >= 4 is 50.9 Å². The Labute approximate surface area is 160 Å². The van der Waals surface area contributed by atoms with Crippen LogP contribution in [0.5, 0.6) is 0 Å². The second-order valence-corrected chi connectivity index (χ2v) is 8.69. The Morgan fingerprint density at radius 3 is 2.44 bits per heavy atom. The van der Waals surface area contributed by atoms with Gasteiger partial charge in [0.15, 0.2) is 0 Å². The van der Waals surface area contributed by atoms with Gasteiger partial charge in [0, 0.05) is 9.92 Å². The maximum absolute atomic E-state index is 12.1. The number of hydrogen-bond acceptors (Lipinski definition) is 4. The van der Waals surface area contributed by atoms with Crippen LogP contribution in [0.1, 0.15) is 18.5 Å². The van der Waals surface area contributed by atoms with E-state index in [-0.39, 0.29) is 22.6 Å². The summed E-state index contributed by atoms with van der Waals surface area (Å²) in [5.74, 6) is 0.00343. The maximum Gasteiger partial charge on any atom is 0.238 e. The minimum absolute atomic E-state index is 0.0286. The molecule has 5 nitrogen and oxygen atoms in total. The van der Waals surface area contributed by atoms with Crippen LogP contribution in [0, 0.1) is 0 Å². The van der Waals surface area contributed by atoms with Gasteiger partial charge in [0.2, 0.25) is 15.9 Å². The first kappa shape index (κ1) is 20.1. The van der Waals surface area contributed by atoms with E-state index in [0.29, 0.717) is 10.0 Å². The van der Waals surface area contributed by atoms with Crippen molar-refractivity contribution in [2.45, 2.75) is 22.8 Å². The van der Waals surface area contributed by atoms with E-state index in [4.69, 9.17) is 28.3 Å². The summed E-state index contributed by atoms with van der Waals surface area (Å²) in [6, 6.07) is 10.8. The van der Waals surface area contributed by atoms with Crippen molar-refractivity contribution in [2.24, 2.45) is 5.14 Å². The normalized spacial score (nSPS) is 12.6. The summed E-state index contributed by atoms with van der Waals surface area (Å²) < 4.78 is 22.5. The molecule has 0 fully saturated rings. The van der Waals surface area contributed by atoms with Gasteiger partial charge in [0.1, 0.15) is 0 Å². The molecule has 2 aromatic carbocycles. The number of carbonyl (C=O) groups is 1. The van der Waals surface area contributed by atoms with E-state index < -0.39 is 10.0 Å². The molecule has 0 saturated heterocycles. The molecule has 3 N–H and O–H groups in total. The molecule has 1 atom stereocenters. The first-order chi connectivity index (χ1) is 11.7. The largest absolute Gasteiger partial charge is 0.349 e. The molecule has 0 saturated carbocycles. The first-order valence-corrected chi connectivity index (χ1v) is 10.5. The molecule has 0 aliphatic heterocycles. The van der Waals surface area contributed by atoms with Gasteiger partial charge < -0.3 is 5.32 Å². The Kier molecular flexibility index (Phi) is 6.76. The minimum atomic E-state index is -3.73. The maximum atomic E-state index is 12.1. The summed E-state index contributed by atoms with van der Waals surface area (Å²) in [5.41, 5.74) is 0.770. The predicted molar refractivity (Wildman–Crippen MR) is 102 cm³/mol. The summed E-state index contributed by atoms with van der Waals surface area (Å²) >= 11 is 13.3. The zero-order chi connectivity index (χ0) is 18.6. The highest BCUT2D eigenvalue weighted by Gasteiger charge is 2.13. The van der Waals surface area contributed by atoms with E-state index in [9.17, 15) is 13.2 Å². The summed E-state index contributed by atoms with van der Waals surface area (Å²) in [6.07, 6.45) is 0. The first-order valence-electron chi connectivity index (χ1n) is 7.17. The van der Waals surface area contributed by atoms with Gasteiger partial charge in [0.05, 0.1) is 21.7 Å². The Balaban J connectivity index is 1.94. The highest BCUT2D eigenvalue weighted by atomic mass is 35.5. The number of halogens is 2. The predicted octanol–water partition coefficient (Wildman–Crippen LogP) is 3.61. The third kappa shape index (κ3) is 5.90. The van der Waals surface area contributed by atoms with Crippen molar-refractivity contribution in [2.75, 3.05) is 5.75 Å². The van der Waals surface area contributed by atoms with E-state index in [1.54, 1.807) is 37.3 Å². The molecule has 2 aromatic rings. The lowest BCUT2D eigenvalue weighted by atomic mass is 10.1. The van der Waals surface area contributed by atoms with Crippen LogP contribution in [0.25, 0.3) is 0 Å². The molecule has 0 aromatic heterocycles. The van der Waals surface area contributed by atoms with Gasteiger partial charge in [-0.25, -0.2) is 13.6 Å². The van der Waals surface area contributed by atoms with Crippen LogP contribution in [0.3, 0.4) is 0 Å². The van der Waals surface area contributed by atoms with Crippen molar-refractivity contribution in [3.05, 3.63) is 58.1 Å². The number of primary sulfonamides is 1. The van der Waals surface area contributed by atoms with Crippen molar-refractivity contribution in [3.8, 4) is 0 Å². The van der Waals surface area contributed by atoms with E-state index in [1.807, 2.05) is 0 Å². The monoisotopic (exact) mass is 418 g/mol. The smallest absolute Gasteiger partial charge is 0.238 e. The molecule has 9 heteroatoms. The number of hydrogen-bond donors (Lipinski definition) is 2. The fraction of sp³-hybridized carbons (Fsp3) is 0.188. The lowest BCUT2D eigenvalue weighted by molar-refractivity contribution is -0.119. The minimum Gasteiger partial charge on any atom is -0.349 e. The van der Waals surface area contributed by atoms with Crippen LogP contribution in [0.15, 0.2) is 52.3 Å². The number of amides is 1.